The predicted molar refractivity (Wildman–Crippen MR) is 111 cm³/mol. The number of carbonyl (C=O) groups is 1. The second kappa shape index (κ2) is 10.3. The topological polar surface area (TPSA) is 54.0 Å². The van der Waals surface area contributed by atoms with Gasteiger partial charge in [-0.15, -0.1) is 0 Å². The van der Waals surface area contributed by atoms with Crippen LogP contribution in [0.3, 0.4) is 0 Å². The summed E-state index contributed by atoms with van der Waals surface area (Å²) in [5, 5.41) is 3.51. The van der Waals surface area contributed by atoms with Crippen molar-refractivity contribution in [3.63, 3.8) is 0 Å². The molecule has 1 amide bonds. The smallest absolute Gasteiger partial charge is 0.238 e. The summed E-state index contributed by atoms with van der Waals surface area (Å²) < 4.78 is 10.9. The van der Waals surface area contributed by atoms with Gasteiger partial charge < -0.3 is 14.8 Å². The van der Waals surface area contributed by atoms with Crippen LogP contribution in [0.25, 0.3) is 0 Å². The molecule has 0 saturated carbocycles. The van der Waals surface area contributed by atoms with Gasteiger partial charge in [0.25, 0.3) is 0 Å². The molecule has 2 aromatic carbocycles. The highest BCUT2D eigenvalue weighted by Crippen LogP contribution is 2.17. The maximum atomic E-state index is 12.2. The van der Waals surface area contributed by atoms with E-state index in [0.29, 0.717) is 18.2 Å². The van der Waals surface area contributed by atoms with E-state index in [1.165, 1.54) is 0 Å². The molecule has 28 heavy (non-hydrogen) atoms. The van der Waals surface area contributed by atoms with Gasteiger partial charge in [-0.3, -0.25) is 14.6 Å². The summed E-state index contributed by atoms with van der Waals surface area (Å²) in [5.74, 6) is 1.65. The first kappa shape index (κ1) is 20.5. The number of piperazine rings is 1. The van der Waals surface area contributed by atoms with Gasteiger partial charge in [-0.05, 0) is 42.5 Å². The Morgan fingerprint density at radius 1 is 1.04 bits per heavy atom. The molecule has 0 unspecified atom stereocenters. The number of rotatable bonds is 8. The van der Waals surface area contributed by atoms with Crippen LogP contribution < -0.4 is 14.8 Å². The van der Waals surface area contributed by atoms with E-state index in [1.807, 2.05) is 36.4 Å². The average molecular weight is 404 g/mol. The van der Waals surface area contributed by atoms with E-state index in [0.717, 1.165) is 49.9 Å². The van der Waals surface area contributed by atoms with Crippen LogP contribution in [0.4, 0.5) is 5.69 Å². The summed E-state index contributed by atoms with van der Waals surface area (Å²) >= 11 is 5.95. The van der Waals surface area contributed by atoms with Crippen molar-refractivity contribution < 1.29 is 14.3 Å². The van der Waals surface area contributed by atoms with E-state index < -0.39 is 0 Å². The normalized spacial score (nSPS) is 15.2. The molecular weight excluding hydrogens is 378 g/mol. The fourth-order valence-electron chi connectivity index (χ4n) is 3.11. The number of halogens is 1. The van der Waals surface area contributed by atoms with Crippen molar-refractivity contribution in [3.05, 3.63) is 53.6 Å². The quantitative estimate of drug-likeness (QED) is 0.734. The summed E-state index contributed by atoms with van der Waals surface area (Å²) in [6.45, 7) is 5.49. The Bertz CT molecular complexity index is 762. The summed E-state index contributed by atoms with van der Waals surface area (Å²) in [5.41, 5.74) is 0.729. The Balaban J connectivity index is 1.33. The SMILES string of the molecule is COc1ccc(OCCN2CCN(CC(=O)Nc3cccc(Cl)c3)CC2)cc1. The van der Waals surface area contributed by atoms with Crippen molar-refractivity contribution in [1.82, 2.24) is 9.80 Å². The molecule has 0 spiro atoms. The Labute approximate surface area is 171 Å². The van der Waals surface area contributed by atoms with Gasteiger partial charge in [-0.1, -0.05) is 17.7 Å². The number of benzene rings is 2. The second-order valence-electron chi connectivity index (χ2n) is 6.70. The van der Waals surface area contributed by atoms with Crippen molar-refractivity contribution in [1.29, 1.82) is 0 Å². The number of hydrogen-bond donors (Lipinski definition) is 1. The summed E-state index contributed by atoms with van der Waals surface area (Å²) in [7, 11) is 1.65. The number of hydrogen-bond acceptors (Lipinski definition) is 5. The second-order valence-corrected chi connectivity index (χ2v) is 7.14. The zero-order valence-electron chi connectivity index (χ0n) is 16.1. The molecule has 1 aliphatic rings. The summed E-state index contributed by atoms with van der Waals surface area (Å²) in [4.78, 5) is 16.7. The third kappa shape index (κ3) is 6.41. The maximum absolute atomic E-state index is 12.2. The lowest BCUT2D eigenvalue weighted by molar-refractivity contribution is -0.117. The molecule has 0 radical (unpaired) electrons. The van der Waals surface area contributed by atoms with Gasteiger partial charge in [0.15, 0.2) is 0 Å². The fourth-order valence-corrected chi connectivity index (χ4v) is 3.30. The molecule has 0 aromatic heterocycles. The molecular formula is C21H26ClN3O3. The number of anilines is 1. The molecule has 1 saturated heterocycles. The van der Waals surface area contributed by atoms with Gasteiger partial charge in [0, 0.05) is 43.4 Å². The van der Waals surface area contributed by atoms with Crippen LogP contribution in [-0.4, -0.2) is 68.7 Å². The molecule has 1 fully saturated rings. The number of methoxy groups -OCH3 is 1. The van der Waals surface area contributed by atoms with E-state index in [2.05, 4.69) is 15.1 Å². The minimum absolute atomic E-state index is 0.0152. The van der Waals surface area contributed by atoms with Gasteiger partial charge in [0.2, 0.25) is 5.91 Å². The van der Waals surface area contributed by atoms with Crippen molar-refractivity contribution in [2.45, 2.75) is 0 Å². The molecule has 1 heterocycles. The standard InChI is InChI=1S/C21H26ClN3O3/c1-27-19-5-7-20(8-6-19)28-14-13-24-9-11-25(12-10-24)16-21(26)23-18-4-2-3-17(22)15-18/h2-8,15H,9-14,16H2,1H3,(H,23,26). The van der Waals surface area contributed by atoms with E-state index in [9.17, 15) is 4.79 Å². The van der Waals surface area contributed by atoms with Gasteiger partial charge in [0.1, 0.15) is 18.1 Å². The first-order valence-corrected chi connectivity index (χ1v) is 9.77. The molecule has 7 heteroatoms. The Hall–Kier alpha value is -2.28. The molecule has 1 aliphatic heterocycles. The average Bonchev–Trinajstić information content (AvgIpc) is 2.70. The number of nitrogens with one attached hydrogen (secondary N) is 1. The first-order valence-electron chi connectivity index (χ1n) is 9.39. The highest BCUT2D eigenvalue weighted by atomic mass is 35.5. The largest absolute Gasteiger partial charge is 0.497 e. The zero-order valence-corrected chi connectivity index (χ0v) is 16.8. The van der Waals surface area contributed by atoms with Crippen LogP contribution >= 0.6 is 11.6 Å². The van der Waals surface area contributed by atoms with Crippen LogP contribution in [-0.2, 0) is 4.79 Å². The molecule has 0 atom stereocenters. The summed E-state index contributed by atoms with van der Waals surface area (Å²) in [6, 6.07) is 14.8. The minimum Gasteiger partial charge on any atom is -0.497 e. The van der Waals surface area contributed by atoms with Gasteiger partial charge in [-0.25, -0.2) is 0 Å². The maximum Gasteiger partial charge on any atom is 0.238 e. The molecule has 6 nitrogen and oxygen atoms in total. The molecule has 2 aromatic rings. The van der Waals surface area contributed by atoms with Crippen molar-refractivity contribution in [2.75, 3.05) is 58.3 Å². The highest BCUT2D eigenvalue weighted by molar-refractivity contribution is 6.30. The van der Waals surface area contributed by atoms with Gasteiger partial charge in [0.05, 0.1) is 13.7 Å². The predicted octanol–water partition coefficient (Wildman–Crippen LogP) is 2.98. The monoisotopic (exact) mass is 403 g/mol. The summed E-state index contributed by atoms with van der Waals surface area (Å²) in [6.07, 6.45) is 0. The minimum atomic E-state index is -0.0152. The lowest BCUT2D eigenvalue weighted by Crippen LogP contribution is -2.49. The number of nitrogens with zero attached hydrogens (tertiary/aromatic N) is 2. The lowest BCUT2D eigenvalue weighted by Gasteiger charge is -2.34. The molecule has 0 aliphatic carbocycles. The van der Waals surface area contributed by atoms with Crippen molar-refractivity contribution >= 4 is 23.2 Å². The molecule has 1 N–H and O–H groups in total. The van der Waals surface area contributed by atoms with Crippen LogP contribution in [0.1, 0.15) is 0 Å². The fraction of sp³-hybridized carbons (Fsp3) is 0.381. The van der Waals surface area contributed by atoms with Crippen molar-refractivity contribution in [2.24, 2.45) is 0 Å². The van der Waals surface area contributed by atoms with E-state index in [4.69, 9.17) is 21.1 Å². The number of carbonyl (C=O) groups excluding carboxylic acids is 1. The molecule has 3 rings (SSSR count). The van der Waals surface area contributed by atoms with Crippen molar-refractivity contribution in [3.8, 4) is 11.5 Å². The van der Waals surface area contributed by atoms with Gasteiger partial charge >= 0.3 is 0 Å². The zero-order chi connectivity index (χ0) is 19.8. The Kier molecular flexibility index (Phi) is 7.54. The van der Waals surface area contributed by atoms with E-state index in [1.54, 1.807) is 19.2 Å². The first-order chi connectivity index (χ1) is 13.6. The number of amides is 1. The van der Waals surface area contributed by atoms with Crippen LogP contribution in [0.5, 0.6) is 11.5 Å². The Morgan fingerprint density at radius 3 is 2.39 bits per heavy atom. The van der Waals surface area contributed by atoms with Crippen LogP contribution in [0.15, 0.2) is 48.5 Å². The van der Waals surface area contributed by atoms with Crippen LogP contribution in [0, 0.1) is 0 Å². The lowest BCUT2D eigenvalue weighted by atomic mass is 10.3. The highest BCUT2D eigenvalue weighted by Gasteiger charge is 2.19. The van der Waals surface area contributed by atoms with Gasteiger partial charge in [-0.2, -0.15) is 0 Å². The number of ether oxygens (including phenoxy) is 2. The third-order valence-corrected chi connectivity index (χ3v) is 4.91. The van der Waals surface area contributed by atoms with Crippen LogP contribution in [0.2, 0.25) is 5.02 Å². The molecule has 150 valence electrons. The molecule has 0 bridgehead atoms. The van der Waals surface area contributed by atoms with E-state index in [-0.39, 0.29) is 5.91 Å². The third-order valence-electron chi connectivity index (χ3n) is 4.68. The Morgan fingerprint density at radius 2 is 1.71 bits per heavy atom. The van der Waals surface area contributed by atoms with E-state index >= 15 is 0 Å².